The van der Waals surface area contributed by atoms with Crippen molar-refractivity contribution in [2.24, 2.45) is 0 Å². The van der Waals surface area contributed by atoms with E-state index < -0.39 is 0 Å². The predicted molar refractivity (Wildman–Crippen MR) is 121 cm³/mol. The summed E-state index contributed by atoms with van der Waals surface area (Å²) in [6.45, 7) is 7.19. The molecule has 158 valence electrons. The van der Waals surface area contributed by atoms with Crippen molar-refractivity contribution >= 4 is 23.4 Å². The van der Waals surface area contributed by atoms with Gasteiger partial charge in [-0.3, -0.25) is 9.47 Å². The molecule has 0 aliphatic carbocycles. The molecule has 0 radical (unpaired) electrons. The van der Waals surface area contributed by atoms with Gasteiger partial charge in [0.1, 0.15) is 5.75 Å². The number of ether oxygens (including phenoxy) is 2. The van der Waals surface area contributed by atoms with E-state index in [0.717, 1.165) is 66.6 Å². The summed E-state index contributed by atoms with van der Waals surface area (Å²) >= 11 is 8.18. The summed E-state index contributed by atoms with van der Waals surface area (Å²) in [5.74, 6) is 2.51. The number of hydrogen-bond acceptors (Lipinski definition) is 6. The number of aromatic nitrogens is 3. The minimum absolute atomic E-state index is 0.638. The average Bonchev–Trinajstić information content (AvgIpc) is 3.19. The fourth-order valence-electron chi connectivity index (χ4n) is 3.36. The van der Waals surface area contributed by atoms with E-state index in [1.165, 1.54) is 0 Å². The highest BCUT2D eigenvalue weighted by molar-refractivity contribution is 7.99. The standard InChI is InChI=1S/C22H25ClN4O2S/c1-2-29-18-9-7-17(8-10-18)27-21(19-5-3-4-6-20(19)23)24-25-22(27)30-16-13-26-11-14-28-15-12-26/h3-10H,2,11-16H2,1H3. The molecule has 2 heterocycles. The van der Waals surface area contributed by atoms with Crippen LogP contribution in [-0.2, 0) is 4.74 Å². The number of morpholine rings is 1. The van der Waals surface area contributed by atoms with Crippen molar-refractivity contribution in [3.63, 3.8) is 0 Å². The molecule has 0 bridgehead atoms. The molecule has 30 heavy (non-hydrogen) atoms. The Balaban J connectivity index is 1.61. The van der Waals surface area contributed by atoms with E-state index in [1.54, 1.807) is 11.8 Å². The third-order valence-electron chi connectivity index (χ3n) is 4.90. The first-order valence-corrected chi connectivity index (χ1v) is 11.5. The van der Waals surface area contributed by atoms with Crippen molar-refractivity contribution in [3.05, 3.63) is 53.6 Å². The third kappa shape index (κ3) is 4.98. The lowest BCUT2D eigenvalue weighted by atomic mass is 10.2. The minimum atomic E-state index is 0.638. The van der Waals surface area contributed by atoms with Crippen molar-refractivity contribution in [1.29, 1.82) is 0 Å². The van der Waals surface area contributed by atoms with E-state index in [4.69, 9.17) is 21.1 Å². The molecule has 0 saturated carbocycles. The maximum Gasteiger partial charge on any atom is 0.196 e. The third-order valence-corrected chi connectivity index (χ3v) is 6.14. The summed E-state index contributed by atoms with van der Waals surface area (Å²) in [6, 6.07) is 15.7. The van der Waals surface area contributed by atoms with Crippen LogP contribution in [0.4, 0.5) is 0 Å². The molecule has 0 spiro atoms. The highest BCUT2D eigenvalue weighted by Crippen LogP contribution is 2.32. The maximum atomic E-state index is 6.47. The molecule has 2 aromatic carbocycles. The first-order chi connectivity index (χ1) is 14.8. The second-order valence-corrected chi connectivity index (χ2v) is 8.32. The zero-order chi connectivity index (χ0) is 20.8. The number of hydrogen-bond donors (Lipinski definition) is 0. The molecule has 0 N–H and O–H groups in total. The lowest BCUT2D eigenvalue weighted by Crippen LogP contribution is -2.37. The normalized spacial score (nSPS) is 14.7. The van der Waals surface area contributed by atoms with Gasteiger partial charge in [0.25, 0.3) is 0 Å². The number of halogens is 1. The molecule has 1 saturated heterocycles. The van der Waals surface area contributed by atoms with Crippen molar-refractivity contribution in [1.82, 2.24) is 19.7 Å². The minimum Gasteiger partial charge on any atom is -0.494 e. The predicted octanol–water partition coefficient (Wildman–Crippen LogP) is 4.41. The Morgan fingerprint density at radius 2 is 1.83 bits per heavy atom. The molecule has 1 aliphatic heterocycles. The molecule has 1 aromatic heterocycles. The fraction of sp³-hybridized carbons (Fsp3) is 0.364. The smallest absolute Gasteiger partial charge is 0.196 e. The van der Waals surface area contributed by atoms with E-state index in [0.29, 0.717) is 11.6 Å². The lowest BCUT2D eigenvalue weighted by molar-refractivity contribution is 0.0410. The van der Waals surface area contributed by atoms with Gasteiger partial charge in [-0.1, -0.05) is 35.5 Å². The molecule has 1 aliphatic rings. The average molecular weight is 445 g/mol. The van der Waals surface area contributed by atoms with Crippen LogP contribution in [-0.4, -0.2) is 64.9 Å². The SMILES string of the molecule is CCOc1ccc(-n2c(SCCN3CCOCC3)nnc2-c2ccccc2Cl)cc1. The van der Waals surface area contributed by atoms with Gasteiger partial charge >= 0.3 is 0 Å². The van der Waals surface area contributed by atoms with Gasteiger partial charge in [0.15, 0.2) is 11.0 Å². The van der Waals surface area contributed by atoms with Crippen LogP contribution in [0.2, 0.25) is 5.02 Å². The van der Waals surface area contributed by atoms with Crippen LogP contribution in [0.3, 0.4) is 0 Å². The van der Waals surface area contributed by atoms with Gasteiger partial charge in [0.2, 0.25) is 0 Å². The molecule has 4 rings (SSSR count). The zero-order valence-corrected chi connectivity index (χ0v) is 18.5. The summed E-state index contributed by atoms with van der Waals surface area (Å²) in [5, 5.41) is 10.5. The van der Waals surface area contributed by atoms with Gasteiger partial charge in [0, 0.05) is 36.6 Å². The molecule has 1 fully saturated rings. The first-order valence-electron chi connectivity index (χ1n) is 10.1. The Morgan fingerprint density at radius 3 is 2.57 bits per heavy atom. The van der Waals surface area contributed by atoms with Crippen LogP contribution < -0.4 is 4.74 Å². The number of nitrogens with zero attached hydrogens (tertiary/aromatic N) is 4. The van der Waals surface area contributed by atoms with Crippen LogP contribution in [0.1, 0.15) is 6.92 Å². The molecular formula is C22H25ClN4O2S. The lowest BCUT2D eigenvalue weighted by Gasteiger charge is -2.26. The summed E-state index contributed by atoms with van der Waals surface area (Å²) in [4.78, 5) is 2.42. The maximum absolute atomic E-state index is 6.47. The molecular weight excluding hydrogens is 420 g/mol. The summed E-state index contributed by atoms with van der Waals surface area (Å²) in [6.07, 6.45) is 0. The summed E-state index contributed by atoms with van der Waals surface area (Å²) in [5.41, 5.74) is 1.84. The summed E-state index contributed by atoms with van der Waals surface area (Å²) < 4.78 is 13.1. The van der Waals surface area contributed by atoms with E-state index in [-0.39, 0.29) is 0 Å². The Labute approximate surface area is 186 Å². The first kappa shape index (κ1) is 21.2. The van der Waals surface area contributed by atoms with E-state index >= 15 is 0 Å². The highest BCUT2D eigenvalue weighted by Gasteiger charge is 2.19. The second kappa shape index (κ2) is 10.3. The molecule has 6 nitrogen and oxygen atoms in total. The monoisotopic (exact) mass is 444 g/mol. The van der Waals surface area contributed by atoms with Crippen LogP contribution in [0.5, 0.6) is 5.75 Å². The summed E-state index contributed by atoms with van der Waals surface area (Å²) in [7, 11) is 0. The largest absolute Gasteiger partial charge is 0.494 e. The van der Waals surface area contributed by atoms with Crippen LogP contribution in [0, 0.1) is 0 Å². The second-order valence-electron chi connectivity index (χ2n) is 6.85. The quantitative estimate of drug-likeness (QED) is 0.480. The van der Waals surface area contributed by atoms with Gasteiger partial charge in [0.05, 0.1) is 24.8 Å². The van der Waals surface area contributed by atoms with Gasteiger partial charge in [-0.25, -0.2) is 0 Å². The molecule has 0 amide bonds. The number of rotatable bonds is 8. The number of thioether (sulfide) groups is 1. The van der Waals surface area contributed by atoms with Gasteiger partial charge < -0.3 is 9.47 Å². The zero-order valence-electron chi connectivity index (χ0n) is 17.0. The number of benzene rings is 2. The molecule has 3 aromatic rings. The van der Waals surface area contributed by atoms with Crippen LogP contribution in [0.25, 0.3) is 17.1 Å². The van der Waals surface area contributed by atoms with Gasteiger partial charge in [-0.2, -0.15) is 0 Å². The highest BCUT2D eigenvalue weighted by atomic mass is 35.5. The fourth-order valence-corrected chi connectivity index (χ4v) is 4.53. The Hall–Kier alpha value is -2.06. The van der Waals surface area contributed by atoms with E-state index in [1.807, 2.05) is 55.5 Å². The van der Waals surface area contributed by atoms with Gasteiger partial charge in [-0.15, -0.1) is 10.2 Å². The molecule has 0 atom stereocenters. The van der Waals surface area contributed by atoms with Crippen molar-refractivity contribution in [2.45, 2.75) is 12.1 Å². The van der Waals surface area contributed by atoms with E-state index in [9.17, 15) is 0 Å². The Bertz CT molecular complexity index is 958. The topological polar surface area (TPSA) is 52.4 Å². The Kier molecular flexibility index (Phi) is 7.28. The van der Waals surface area contributed by atoms with Crippen molar-refractivity contribution in [2.75, 3.05) is 45.2 Å². The Morgan fingerprint density at radius 1 is 1.07 bits per heavy atom. The van der Waals surface area contributed by atoms with Gasteiger partial charge in [-0.05, 0) is 43.3 Å². The van der Waals surface area contributed by atoms with Crippen molar-refractivity contribution in [3.8, 4) is 22.8 Å². The molecule has 0 unspecified atom stereocenters. The molecule has 8 heteroatoms. The van der Waals surface area contributed by atoms with Crippen molar-refractivity contribution < 1.29 is 9.47 Å². The van der Waals surface area contributed by atoms with Crippen LogP contribution in [0.15, 0.2) is 53.7 Å². The van der Waals surface area contributed by atoms with Crippen LogP contribution >= 0.6 is 23.4 Å². The van der Waals surface area contributed by atoms with E-state index in [2.05, 4.69) is 19.7 Å².